The number of carbonyl (C=O) groups is 3. The Morgan fingerprint density at radius 1 is 1.21 bits per heavy atom. The number of nitrogen functional groups attached to an aromatic ring is 1. The molecular weight excluding hydrogens is 564 g/mol. The van der Waals surface area contributed by atoms with Crippen LogP contribution in [0.4, 0.5) is 5.69 Å². The standard InChI is InChI=1S/C33H40N4O5S/c1-9-37-29(16(2)3)30-27(32(37)40)26(25-21(38)14-33(5,6)15-23(25)42-30)24-17(4)18(10-13-22(24)41-7)20-12-11-19(34)28(35-20)31(39)36-43-8/h10-13,16,26,29H,9,14-15,34H2,1-8H3,(H,36,39)/t26-,29+/m0/s1. The zero-order valence-corrected chi connectivity index (χ0v) is 26.9. The third kappa shape index (κ3) is 5.09. The zero-order valence-electron chi connectivity index (χ0n) is 26.1. The van der Waals surface area contributed by atoms with Gasteiger partial charge < -0.3 is 20.1 Å². The quantitative estimate of drug-likeness (QED) is 0.394. The fraction of sp³-hybridized carbons (Fsp3) is 0.455. The molecule has 0 unspecified atom stereocenters. The molecule has 0 saturated carbocycles. The third-order valence-corrected chi connectivity index (χ3v) is 9.01. The first-order valence-electron chi connectivity index (χ1n) is 14.6. The molecule has 2 atom stereocenters. The van der Waals surface area contributed by atoms with E-state index in [2.05, 4.69) is 37.4 Å². The summed E-state index contributed by atoms with van der Waals surface area (Å²) in [5.74, 6) is 0.711. The van der Waals surface area contributed by atoms with Crippen molar-refractivity contribution >= 4 is 35.2 Å². The number of nitrogens with zero attached hydrogens (tertiary/aromatic N) is 2. The number of methoxy groups -OCH3 is 1. The van der Waals surface area contributed by atoms with Crippen molar-refractivity contribution in [3.63, 3.8) is 0 Å². The second kappa shape index (κ2) is 11.4. The number of pyridine rings is 1. The van der Waals surface area contributed by atoms with Gasteiger partial charge in [0.2, 0.25) is 0 Å². The van der Waals surface area contributed by atoms with E-state index in [-0.39, 0.29) is 40.4 Å². The van der Waals surface area contributed by atoms with Crippen molar-refractivity contribution in [3.8, 4) is 17.0 Å². The van der Waals surface area contributed by atoms with Gasteiger partial charge in [0.25, 0.3) is 11.8 Å². The maximum atomic E-state index is 14.2. The van der Waals surface area contributed by atoms with E-state index in [1.54, 1.807) is 25.5 Å². The van der Waals surface area contributed by atoms with Crippen LogP contribution in [-0.4, -0.2) is 53.4 Å². The smallest absolute Gasteiger partial charge is 0.281 e. The fourth-order valence-electron chi connectivity index (χ4n) is 6.79. The van der Waals surface area contributed by atoms with Crippen LogP contribution in [0.15, 0.2) is 46.9 Å². The number of nitrogens with two attached hydrogens (primary N) is 1. The van der Waals surface area contributed by atoms with Gasteiger partial charge in [0.05, 0.1) is 36.0 Å². The number of nitrogens with one attached hydrogen (secondary N) is 1. The van der Waals surface area contributed by atoms with Crippen molar-refractivity contribution in [3.05, 3.63) is 63.8 Å². The molecule has 3 aliphatic rings. The Bertz CT molecular complexity index is 1590. The number of likely N-dealkylation sites (N-methyl/N-ethyl adjacent to an activating group) is 1. The van der Waals surface area contributed by atoms with Crippen LogP contribution in [-0.2, 0) is 14.3 Å². The Morgan fingerprint density at radius 2 is 1.93 bits per heavy atom. The van der Waals surface area contributed by atoms with Gasteiger partial charge in [-0.15, -0.1) is 0 Å². The van der Waals surface area contributed by atoms with Gasteiger partial charge >= 0.3 is 0 Å². The molecule has 2 aliphatic heterocycles. The second-order valence-corrected chi connectivity index (χ2v) is 13.1. The van der Waals surface area contributed by atoms with Crippen LogP contribution in [0.5, 0.6) is 5.75 Å². The number of amides is 2. The molecule has 0 radical (unpaired) electrons. The van der Waals surface area contributed by atoms with Crippen molar-refractivity contribution in [1.29, 1.82) is 0 Å². The molecule has 2 aromatic rings. The monoisotopic (exact) mass is 604 g/mol. The minimum absolute atomic E-state index is 0.0277. The molecule has 5 rings (SSSR count). The predicted molar refractivity (Wildman–Crippen MR) is 168 cm³/mol. The van der Waals surface area contributed by atoms with E-state index in [1.807, 2.05) is 30.9 Å². The molecule has 43 heavy (non-hydrogen) atoms. The van der Waals surface area contributed by atoms with E-state index < -0.39 is 11.8 Å². The van der Waals surface area contributed by atoms with E-state index in [4.69, 9.17) is 15.2 Å². The molecule has 0 bridgehead atoms. The molecule has 3 N–H and O–H groups in total. The number of carbonyl (C=O) groups excluding carboxylic acids is 3. The van der Waals surface area contributed by atoms with E-state index >= 15 is 0 Å². The number of benzene rings is 1. The average Bonchev–Trinajstić information content (AvgIpc) is 3.22. The lowest BCUT2D eigenvalue weighted by Crippen LogP contribution is -2.39. The molecule has 1 aromatic carbocycles. The number of ether oxygens (including phenoxy) is 2. The lowest BCUT2D eigenvalue weighted by atomic mass is 9.68. The van der Waals surface area contributed by atoms with Crippen LogP contribution >= 0.6 is 11.9 Å². The highest BCUT2D eigenvalue weighted by Crippen LogP contribution is 2.55. The molecule has 228 valence electrons. The lowest BCUT2D eigenvalue weighted by Gasteiger charge is -2.39. The van der Waals surface area contributed by atoms with Gasteiger partial charge in [-0.2, -0.15) is 0 Å². The van der Waals surface area contributed by atoms with E-state index in [0.717, 1.165) is 16.7 Å². The molecule has 0 saturated heterocycles. The summed E-state index contributed by atoms with van der Waals surface area (Å²) < 4.78 is 15.2. The predicted octanol–water partition coefficient (Wildman–Crippen LogP) is 5.55. The maximum absolute atomic E-state index is 14.2. The van der Waals surface area contributed by atoms with Crippen molar-refractivity contribution in [2.75, 3.05) is 25.6 Å². The van der Waals surface area contributed by atoms with Crippen molar-refractivity contribution in [2.45, 2.75) is 66.3 Å². The Labute approximate surface area is 257 Å². The minimum Gasteiger partial charge on any atom is -0.496 e. The molecule has 3 heterocycles. The van der Waals surface area contributed by atoms with Crippen LogP contribution in [0, 0.1) is 18.3 Å². The van der Waals surface area contributed by atoms with Gasteiger partial charge in [-0.25, -0.2) is 4.98 Å². The summed E-state index contributed by atoms with van der Waals surface area (Å²) in [5, 5.41) is 0. The normalized spacial score (nSPS) is 21.2. The number of hydrogen-bond donors (Lipinski definition) is 2. The van der Waals surface area contributed by atoms with Crippen LogP contribution in [0.25, 0.3) is 11.3 Å². The van der Waals surface area contributed by atoms with Gasteiger partial charge in [0, 0.05) is 42.3 Å². The SMILES string of the molecule is CCN1C(=O)C2=C(OC3=C(C(=O)CC(C)(C)C3)[C@@H]2c2c(OC)ccc(-c3ccc(N)c(C(=O)NSC)n3)c2C)[C@H]1C(C)C. The zero-order chi connectivity index (χ0) is 31.4. The summed E-state index contributed by atoms with van der Waals surface area (Å²) in [7, 11) is 1.59. The first-order chi connectivity index (χ1) is 20.3. The molecule has 9 nitrogen and oxygen atoms in total. The minimum atomic E-state index is -0.671. The number of hydrogen-bond acceptors (Lipinski definition) is 8. The highest BCUT2D eigenvalue weighted by Gasteiger charge is 2.53. The van der Waals surface area contributed by atoms with Crippen LogP contribution in [0.3, 0.4) is 0 Å². The highest BCUT2D eigenvalue weighted by molar-refractivity contribution is 7.97. The topological polar surface area (TPSA) is 124 Å². The van der Waals surface area contributed by atoms with Crippen LogP contribution in [0.2, 0.25) is 0 Å². The molecule has 0 spiro atoms. The van der Waals surface area contributed by atoms with Crippen molar-refractivity contribution < 1.29 is 23.9 Å². The Kier molecular flexibility index (Phi) is 8.11. The van der Waals surface area contributed by atoms with E-state index in [9.17, 15) is 14.4 Å². The Morgan fingerprint density at radius 3 is 2.56 bits per heavy atom. The number of allylic oxidation sites excluding steroid dienone is 2. The second-order valence-electron chi connectivity index (χ2n) is 12.5. The summed E-state index contributed by atoms with van der Waals surface area (Å²) in [6.45, 7) is 12.7. The number of aromatic nitrogens is 1. The number of Topliss-reactive ketones (excluding diaryl/α,β-unsaturated/α-hetero) is 1. The molecule has 2 amide bonds. The first-order valence-corrected chi connectivity index (χ1v) is 15.8. The average molecular weight is 605 g/mol. The van der Waals surface area contributed by atoms with Crippen LogP contribution < -0.4 is 15.2 Å². The molecule has 1 aliphatic carbocycles. The van der Waals surface area contributed by atoms with Gasteiger partial charge in [-0.05, 0) is 55.0 Å². The fourth-order valence-corrected chi connectivity index (χ4v) is 7.07. The molecule has 0 fully saturated rings. The third-order valence-electron chi connectivity index (χ3n) is 8.62. The first kappa shape index (κ1) is 30.7. The van der Waals surface area contributed by atoms with Gasteiger partial charge in [0.15, 0.2) is 11.5 Å². The van der Waals surface area contributed by atoms with Gasteiger partial charge in [0.1, 0.15) is 17.3 Å². The number of rotatable bonds is 7. The summed E-state index contributed by atoms with van der Waals surface area (Å²) in [6, 6.07) is 6.91. The van der Waals surface area contributed by atoms with Crippen LogP contribution in [0.1, 0.15) is 75.0 Å². The van der Waals surface area contributed by atoms with Gasteiger partial charge in [-0.1, -0.05) is 39.6 Å². The largest absolute Gasteiger partial charge is 0.496 e. The lowest BCUT2D eigenvalue weighted by molar-refractivity contribution is -0.127. The number of anilines is 1. The highest BCUT2D eigenvalue weighted by atomic mass is 32.2. The Balaban J connectivity index is 1.78. The number of ketones is 1. The van der Waals surface area contributed by atoms with E-state index in [0.29, 0.717) is 53.5 Å². The Hall–Kier alpha value is -3.79. The molecule has 1 aromatic heterocycles. The van der Waals surface area contributed by atoms with Crippen molar-refractivity contribution in [1.82, 2.24) is 14.6 Å². The van der Waals surface area contributed by atoms with Gasteiger partial charge in [-0.3, -0.25) is 19.1 Å². The summed E-state index contributed by atoms with van der Waals surface area (Å²) in [5.41, 5.74) is 10.1. The summed E-state index contributed by atoms with van der Waals surface area (Å²) in [4.78, 5) is 47.4. The summed E-state index contributed by atoms with van der Waals surface area (Å²) in [6.07, 6.45) is 2.68. The van der Waals surface area contributed by atoms with E-state index in [1.165, 1.54) is 11.9 Å². The molecule has 10 heteroatoms. The maximum Gasteiger partial charge on any atom is 0.281 e. The molecular formula is C33H40N4O5S. The summed E-state index contributed by atoms with van der Waals surface area (Å²) >= 11 is 1.17. The van der Waals surface area contributed by atoms with Crippen molar-refractivity contribution in [2.24, 2.45) is 11.3 Å².